The average molecular weight is 552 g/mol. The van der Waals surface area contributed by atoms with Crippen molar-refractivity contribution in [3.05, 3.63) is 113 Å². The number of fused-ring (bicyclic) bond motifs is 1. The summed E-state index contributed by atoms with van der Waals surface area (Å²) in [5.41, 5.74) is 4.92. The SMILES string of the molecule is CC(OC(=O)Nc1c(-c2ccc(-c3ccc(C4(C(=O)O)CC4)cc3)cc2)nc2ccccn12)c1ccccc1Cl. The lowest BCUT2D eigenvalue weighted by atomic mass is 9.93. The van der Waals surface area contributed by atoms with Crippen molar-refractivity contribution in [3.8, 4) is 22.4 Å². The van der Waals surface area contributed by atoms with E-state index in [1.807, 2.05) is 91.1 Å². The molecule has 1 atom stereocenters. The lowest BCUT2D eigenvalue weighted by Gasteiger charge is -2.16. The molecule has 1 aliphatic carbocycles. The summed E-state index contributed by atoms with van der Waals surface area (Å²) in [5, 5.41) is 13.0. The number of aliphatic carboxylic acids is 1. The van der Waals surface area contributed by atoms with Crippen molar-refractivity contribution in [3.63, 3.8) is 0 Å². The molecule has 3 aromatic carbocycles. The van der Waals surface area contributed by atoms with Gasteiger partial charge in [0.15, 0.2) is 0 Å². The van der Waals surface area contributed by atoms with Crippen molar-refractivity contribution >= 4 is 35.1 Å². The van der Waals surface area contributed by atoms with E-state index in [1.165, 1.54) is 0 Å². The fourth-order valence-corrected chi connectivity index (χ4v) is 5.31. The summed E-state index contributed by atoms with van der Waals surface area (Å²) in [6, 6.07) is 28.5. The summed E-state index contributed by atoms with van der Waals surface area (Å²) in [5.74, 6) is -0.267. The van der Waals surface area contributed by atoms with Gasteiger partial charge in [0.1, 0.15) is 23.3 Å². The number of benzene rings is 3. The minimum atomic E-state index is -0.760. The number of halogens is 1. The van der Waals surface area contributed by atoms with Gasteiger partial charge in [-0.3, -0.25) is 14.5 Å². The third kappa shape index (κ3) is 4.69. The molecule has 2 N–H and O–H groups in total. The van der Waals surface area contributed by atoms with Crippen LogP contribution in [0.4, 0.5) is 10.6 Å². The van der Waals surface area contributed by atoms with Crippen LogP contribution in [0.2, 0.25) is 5.02 Å². The summed E-state index contributed by atoms with van der Waals surface area (Å²) in [6.45, 7) is 1.77. The third-order valence-corrected chi connectivity index (χ3v) is 7.81. The Hall–Kier alpha value is -4.62. The van der Waals surface area contributed by atoms with Crippen molar-refractivity contribution in [2.45, 2.75) is 31.3 Å². The van der Waals surface area contributed by atoms with Crippen LogP contribution in [-0.2, 0) is 14.9 Å². The molecule has 5 aromatic rings. The number of hydrogen-bond donors (Lipinski definition) is 2. The van der Waals surface area contributed by atoms with Crippen LogP contribution in [-0.4, -0.2) is 26.6 Å². The molecule has 6 rings (SSSR count). The van der Waals surface area contributed by atoms with Gasteiger partial charge in [0.2, 0.25) is 0 Å². The van der Waals surface area contributed by atoms with Crippen molar-refractivity contribution in [2.24, 2.45) is 0 Å². The molecule has 0 saturated heterocycles. The fourth-order valence-electron chi connectivity index (χ4n) is 5.02. The summed E-state index contributed by atoms with van der Waals surface area (Å²) >= 11 is 6.28. The van der Waals surface area contributed by atoms with Crippen LogP contribution in [0.25, 0.3) is 28.0 Å². The number of ether oxygens (including phenoxy) is 1. The first-order chi connectivity index (χ1) is 19.4. The summed E-state index contributed by atoms with van der Waals surface area (Å²) in [4.78, 5) is 29.4. The number of carbonyl (C=O) groups is 2. The predicted molar refractivity (Wildman–Crippen MR) is 155 cm³/mol. The van der Waals surface area contributed by atoms with Crippen LogP contribution in [0, 0.1) is 0 Å². The molecule has 2 aromatic heterocycles. The maximum Gasteiger partial charge on any atom is 0.413 e. The zero-order valence-corrected chi connectivity index (χ0v) is 22.4. The number of nitrogens with one attached hydrogen (secondary N) is 1. The Morgan fingerprint density at radius 2 is 1.55 bits per heavy atom. The molecule has 1 unspecified atom stereocenters. The molecular weight excluding hydrogens is 526 g/mol. The van der Waals surface area contributed by atoms with Crippen molar-refractivity contribution in [1.82, 2.24) is 9.38 Å². The third-order valence-electron chi connectivity index (χ3n) is 7.47. The van der Waals surface area contributed by atoms with Gasteiger partial charge in [-0.15, -0.1) is 0 Å². The lowest BCUT2D eigenvalue weighted by molar-refractivity contribution is -0.140. The first-order valence-electron chi connectivity index (χ1n) is 13.0. The Morgan fingerprint density at radius 3 is 2.20 bits per heavy atom. The zero-order chi connectivity index (χ0) is 27.9. The molecular formula is C32H26ClN3O4. The predicted octanol–water partition coefficient (Wildman–Crippen LogP) is 7.75. The minimum Gasteiger partial charge on any atom is -0.481 e. The number of carboxylic acid groups (broad SMARTS) is 1. The van der Waals surface area contributed by atoms with Crippen LogP contribution in [0.5, 0.6) is 0 Å². The van der Waals surface area contributed by atoms with Gasteiger partial charge in [-0.1, -0.05) is 84.4 Å². The van der Waals surface area contributed by atoms with E-state index in [-0.39, 0.29) is 0 Å². The maximum atomic E-state index is 13.0. The summed E-state index contributed by atoms with van der Waals surface area (Å²) < 4.78 is 7.45. The van der Waals surface area contributed by atoms with Gasteiger partial charge in [0, 0.05) is 22.3 Å². The molecule has 2 heterocycles. The van der Waals surface area contributed by atoms with Crippen molar-refractivity contribution < 1.29 is 19.4 Å². The average Bonchev–Trinajstić information content (AvgIpc) is 3.71. The zero-order valence-electron chi connectivity index (χ0n) is 21.7. The van der Waals surface area contributed by atoms with E-state index in [2.05, 4.69) is 5.32 Å². The van der Waals surface area contributed by atoms with Gasteiger partial charge in [-0.05, 0) is 54.7 Å². The number of aromatic nitrogens is 2. The van der Waals surface area contributed by atoms with Crippen LogP contribution >= 0.6 is 11.6 Å². The Kier molecular flexibility index (Phi) is 6.52. The summed E-state index contributed by atoms with van der Waals surface area (Å²) in [6.07, 6.45) is 2.02. The van der Waals surface area contributed by atoms with Crippen molar-refractivity contribution in [2.75, 3.05) is 5.32 Å². The van der Waals surface area contributed by atoms with E-state index in [4.69, 9.17) is 21.3 Å². The van der Waals surface area contributed by atoms with Gasteiger partial charge in [-0.2, -0.15) is 0 Å². The normalized spacial score (nSPS) is 14.4. The first-order valence-corrected chi connectivity index (χ1v) is 13.4. The quantitative estimate of drug-likeness (QED) is 0.216. The number of carboxylic acids is 1. The highest BCUT2D eigenvalue weighted by Crippen LogP contribution is 2.48. The van der Waals surface area contributed by atoms with Gasteiger partial charge in [-0.25, -0.2) is 9.78 Å². The first kappa shape index (κ1) is 25.6. The lowest BCUT2D eigenvalue weighted by Crippen LogP contribution is -2.19. The Balaban J connectivity index is 1.25. The van der Waals surface area contributed by atoms with E-state index < -0.39 is 23.6 Å². The standard InChI is InChI=1S/C32H26ClN3O4/c1-20(25-6-2-3-7-26(25)33)40-31(39)35-29-28(34-27-8-4-5-19-36(27)29)23-11-9-21(10-12-23)22-13-15-24(16-14-22)32(17-18-32)30(37)38/h2-16,19-20H,17-18H2,1H3,(H,35,39)(H,37,38). The van der Waals surface area contributed by atoms with Crippen LogP contribution in [0.1, 0.15) is 37.0 Å². The van der Waals surface area contributed by atoms with Gasteiger partial charge in [0.25, 0.3) is 0 Å². The molecule has 1 aliphatic rings. The topological polar surface area (TPSA) is 92.9 Å². The molecule has 7 nitrogen and oxygen atoms in total. The monoisotopic (exact) mass is 551 g/mol. The molecule has 0 radical (unpaired) electrons. The second-order valence-electron chi connectivity index (χ2n) is 9.97. The number of imidazole rings is 1. The minimum absolute atomic E-state index is 0.493. The highest BCUT2D eigenvalue weighted by molar-refractivity contribution is 6.31. The molecule has 40 heavy (non-hydrogen) atoms. The van der Waals surface area contributed by atoms with E-state index in [9.17, 15) is 14.7 Å². The molecule has 0 aliphatic heterocycles. The number of carbonyl (C=O) groups excluding carboxylic acids is 1. The van der Waals surface area contributed by atoms with Gasteiger partial charge < -0.3 is 9.84 Å². The largest absolute Gasteiger partial charge is 0.481 e. The number of pyridine rings is 1. The van der Waals surface area contributed by atoms with E-state index in [0.717, 1.165) is 27.8 Å². The molecule has 1 fully saturated rings. The number of hydrogen-bond acceptors (Lipinski definition) is 4. The van der Waals surface area contributed by atoms with Crippen molar-refractivity contribution in [1.29, 1.82) is 0 Å². The molecule has 0 bridgehead atoms. The van der Waals surface area contributed by atoms with Crippen LogP contribution < -0.4 is 5.32 Å². The highest BCUT2D eigenvalue weighted by Gasteiger charge is 2.51. The molecule has 1 amide bonds. The highest BCUT2D eigenvalue weighted by atomic mass is 35.5. The van der Waals surface area contributed by atoms with Gasteiger partial charge >= 0.3 is 12.1 Å². The Bertz CT molecular complexity index is 1720. The molecule has 200 valence electrons. The molecule has 0 spiro atoms. The van der Waals surface area contributed by atoms with E-state index in [0.29, 0.717) is 35.0 Å². The maximum absolute atomic E-state index is 13.0. The van der Waals surface area contributed by atoms with E-state index >= 15 is 0 Å². The number of anilines is 1. The van der Waals surface area contributed by atoms with Crippen LogP contribution in [0.15, 0.2) is 97.2 Å². The molecule has 1 saturated carbocycles. The smallest absolute Gasteiger partial charge is 0.413 e. The summed E-state index contributed by atoms with van der Waals surface area (Å²) in [7, 11) is 0. The Morgan fingerprint density at radius 1 is 0.925 bits per heavy atom. The second kappa shape index (κ2) is 10.2. The number of amides is 1. The number of rotatable bonds is 7. The van der Waals surface area contributed by atoms with Gasteiger partial charge in [0.05, 0.1) is 5.41 Å². The second-order valence-corrected chi connectivity index (χ2v) is 10.4. The van der Waals surface area contributed by atoms with Crippen LogP contribution in [0.3, 0.4) is 0 Å². The Labute approximate surface area is 236 Å². The molecule has 8 heteroatoms. The fraction of sp³-hybridized carbons (Fsp3) is 0.156. The van der Waals surface area contributed by atoms with E-state index in [1.54, 1.807) is 17.4 Å². The number of nitrogens with zero attached hydrogens (tertiary/aromatic N) is 2.